The first kappa shape index (κ1) is 15.9. The number of thiocarbonyl (C=S) groups is 1. The van der Waals surface area contributed by atoms with E-state index in [0.29, 0.717) is 16.8 Å². The maximum Gasteiger partial charge on any atom is 0.236 e. The second-order valence-electron chi connectivity index (χ2n) is 4.68. The maximum absolute atomic E-state index is 12.5. The molecule has 0 bridgehead atoms. The van der Waals surface area contributed by atoms with Crippen molar-refractivity contribution in [1.29, 1.82) is 0 Å². The summed E-state index contributed by atoms with van der Waals surface area (Å²) in [5.41, 5.74) is 0. The largest absolute Gasteiger partial charge is 0.355 e. The molecule has 1 atom stereocenters. The molecule has 0 aliphatic carbocycles. The van der Waals surface area contributed by atoms with Gasteiger partial charge in [0.2, 0.25) is 5.91 Å². The molecule has 1 heterocycles. The van der Waals surface area contributed by atoms with Gasteiger partial charge in [-0.05, 0) is 12.3 Å². The molecule has 1 aliphatic heterocycles. The number of thioether (sulfide) groups is 1. The van der Waals surface area contributed by atoms with Gasteiger partial charge in [-0.25, -0.2) is 0 Å². The Bertz CT molecular complexity index is 306. The van der Waals surface area contributed by atoms with Crippen LogP contribution in [0.1, 0.15) is 20.3 Å². The number of nitrogens with zero attached hydrogens (tertiary/aromatic N) is 1. The van der Waals surface area contributed by atoms with Crippen LogP contribution < -0.4 is 0 Å². The van der Waals surface area contributed by atoms with Gasteiger partial charge in [0.05, 0.1) is 5.92 Å². The van der Waals surface area contributed by atoms with Crippen LogP contribution in [0.2, 0.25) is 0 Å². The number of carbonyl (C=O) groups is 1. The van der Waals surface area contributed by atoms with Crippen molar-refractivity contribution < 1.29 is 14.3 Å². The lowest BCUT2D eigenvalue weighted by molar-refractivity contribution is -0.165. The minimum absolute atomic E-state index is 0.0207. The van der Waals surface area contributed by atoms with Gasteiger partial charge in [0.15, 0.2) is 6.29 Å². The van der Waals surface area contributed by atoms with Crippen LogP contribution in [-0.4, -0.2) is 47.9 Å². The summed E-state index contributed by atoms with van der Waals surface area (Å²) in [7, 11) is 3.12. The summed E-state index contributed by atoms with van der Waals surface area (Å²) >= 11 is 6.75. The zero-order chi connectivity index (χ0) is 13.7. The third-order valence-electron chi connectivity index (χ3n) is 2.86. The number of amides is 1. The lowest BCUT2D eigenvalue weighted by Gasteiger charge is -2.28. The predicted molar refractivity (Wildman–Crippen MR) is 77.5 cm³/mol. The lowest BCUT2D eigenvalue weighted by Crippen LogP contribution is -2.43. The van der Waals surface area contributed by atoms with Crippen LogP contribution in [0.4, 0.5) is 0 Å². The van der Waals surface area contributed by atoms with Gasteiger partial charge in [-0.2, -0.15) is 0 Å². The highest BCUT2D eigenvalue weighted by atomic mass is 32.2. The van der Waals surface area contributed by atoms with Gasteiger partial charge >= 0.3 is 0 Å². The van der Waals surface area contributed by atoms with Crippen molar-refractivity contribution in [2.45, 2.75) is 26.6 Å². The summed E-state index contributed by atoms with van der Waals surface area (Å²) in [5, 5.41) is 0. The van der Waals surface area contributed by atoms with Crippen LogP contribution in [0.3, 0.4) is 0 Å². The van der Waals surface area contributed by atoms with E-state index < -0.39 is 6.29 Å². The van der Waals surface area contributed by atoms with Crippen LogP contribution >= 0.6 is 24.0 Å². The van der Waals surface area contributed by atoms with Crippen LogP contribution in [0.25, 0.3) is 0 Å². The van der Waals surface area contributed by atoms with E-state index >= 15 is 0 Å². The first-order valence-corrected chi connectivity index (χ1v) is 7.44. The molecule has 18 heavy (non-hydrogen) atoms. The van der Waals surface area contributed by atoms with Crippen molar-refractivity contribution in [2.24, 2.45) is 11.8 Å². The fourth-order valence-corrected chi connectivity index (χ4v) is 3.27. The van der Waals surface area contributed by atoms with Gasteiger partial charge in [0.25, 0.3) is 0 Å². The Morgan fingerprint density at radius 2 is 2.06 bits per heavy atom. The van der Waals surface area contributed by atoms with Crippen molar-refractivity contribution in [2.75, 3.05) is 26.5 Å². The van der Waals surface area contributed by atoms with E-state index in [-0.39, 0.29) is 11.8 Å². The van der Waals surface area contributed by atoms with Gasteiger partial charge in [0.1, 0.15) is 4.32 Å². The molecule has 0 radical (unpaired) electrons. The Balaban J connectivity index is 2.80. The van der Waals surface area contributed by atoms with Crippen LogP contribution in [-0.2, 0) is 14.3 Å². The van der Waals surface area contributed by atoms with Gasteiger partial charge in [0, 0.05) is 26.5 Å². The number of hydrogen-bond donors (Lipinski definition) is 0. The van der Waals surface area contributed by atoms with Crippen LogP contribution in [0.15, 0.2) is 0 Å². The van der Waals surface area contributed by atoms with Crippen molar-refractivity contribution in [3.63, 3.8) is 0 Å². The summed E-state index contributed by atoms with van der Waals surface area (Å²) in [6, 6.07) is 0. The molecule has 0 aromatic carbocycles. The average molecular weight is 291 g/mol. The highest BCUT2D eigenvalue weighted by Crippen LogP contribution is 2.26. The Morgan fingerprint density at radius 3 is 2.44 bits per heavy atom. The first-order chi connectivity index (χ1) is 8.51. The van der Waals surface area contributed by atoms with E-state index in [1.54, 1.807) is 30.9 Å². The molecule has 1 aliphatic rings. The van der Waals surface area contributed by atoms with Gasteiger partial charge < -0.3 is 9.47 Å². The predicted octanol–water partition coefficient (Wildman–Crippen LogP) is 2.13. The van der Waals surface area contributed by atoms with Gasteiger partial charge in [-0.15, -0.1) is 0 Å². The topological polar surface area (TPSA) is 38.8 Å². The molecule has 4 nitrogen and oxygen atoms in total. The number of hydrogen-bond acceptors (Lipinski definition) is 5. The van der Waals surface area contributed by atoms with Crippen LogP contribution in [0, 0.1) is 11.8 Å². The Labute approximate surface area is 118 Å². The summed E-state index contributed by atoms with van der Waals surface area (Å²) in [5.74, 6) is 1.00. The zero-order valence-electron chi connectivity index (χ0n) is 11.3. The summed E-state index contributed by atoms with van der Waals surface area (Å²) in [4.78, 5) is 14.2. The Morgan fingerprint density at radius 1 is 1.44 bits per heavy atom. The van der Waals surface area contributed by atoms with E-state index in [2.05, 4.69) is 13.8 Å². The molecule has 1 saturated heterocycles. The zero-order valence-corrected chi connectivity index (χ0v) is 13.0. The molecule has 104 valence electrons. The Hall–Kier alpha value is -0.170. The van der Waals surface area contributed by atoms with Gasteiger partial charge in [-0.3, -0.25) is 9.69 Å². The maximum atomic E-state index is 12.5. The quantitative estimate of drug-likeness (QED) is 0.554. The van der Waals surface area contributed by atoms with Crippen molar-refractivity contribution in [3.8, 4) is 0 Å². The second kappa shape index (κ2) is 7.43. The summed E-state index contributed by atoms with van der Waals surface area (Å²) in [6.07, 6.45) is 0.225. The monoisotopic (exact) mass is 291 g/mol. The fourth-order valence-electron chi connectivity index (χ4n) is 2.05. The third kappa shape index (κ3) is 3.91. The molecule has 0 aromatic heterocycles. The molecule has 6 heteroatoms. The van der Waals surface area contributed by atoms with Crippen molar-refractivity contribution in [3.05, 3.63) is 0 Å². The minimum Gasteiger partial charge on any atom is -0.355 e. The number of carbonyl (C=O) groups excluding carboxylic acids is 1. The van der Waals surface area contributed by atoms with Crippen molar-refractivity contribution in [1.82, 2.24) is 4.90 Å². The molecule has 0 unspecified atom stereocenters. The fraction of sp³-hybridized carbons (Fsp3) is 0.833. The number of methoxy groups -OCH3 is 2. The van der Waals surface area contributed by atoms with Crippen molar-refractivity contribution >= 4 is 34.2 Å². The molecule has 1 amide bonds. The van der Waals surface area contributed by atoms with Crippen LogP contribution in [0.5, 0.6) is 0 Å². The highest BCUT2D eigenvalue weighted by molar-refractivity contribution is 8.23. The lowest BCUT2D eigenvalue weighted by atomic mass is 9.95. The normalized spacial score (nSPS) is 17.9. The standard InChI is InChI=1S/C12H21NO3S2/c1-8(2)7-9(11(15-3)16-4)10(14)13-5-6-18-12(13)17/h8-9,11H,5-7H2,1-4H3/t9-/m0/s1. The number of rotatable bonds is 6. The molecular weight excluding hydrogens is 270 g/mol. The SMILES string of the molecule is COC(OC)[C@@H](CC(C)C)C(=O)N1CCSC1=S. The highest BCUT2D eigenvalue weighted by Gasteiger charge is 2.35. The van der Waals surface area contributed by atoms with Gasteiger partial charge in [-0.1, -0.05) is 37.8 Å². The van der Waals surface area contributed by atoms with E-state index in [9.17, 15) is 4.79 Å². The van der Waals surface area contributed by atoms with E-state index in [1.165, 1.54) is 0 Å². The second-order valence-corrected chi connectivity index (χ2v) is 6.41. The summed E-state index contributed by atoms with van der Waals surface area (Å²) in [6.45, 7) is 4.86. The molecule has 0 saturated carbocycles. The molecule has 1 fully saturated rings. The minimum atomic E-state index is -0.506. The molecule has 0 aromatic rings. The van der Waals surface area contributed by atoms with E-state index in [4.69, 9.17) is 21.7 Å². The molecule has 0 N–H and O–H groups in total. The van der Waals surface area contributed by atoms with E-state index in [0.717, 1.165) is 12.2 Å². The smallest absolute Gasteiger partial charge is 0.236 e. The molecule has 0 spiro atoms. The molecule has 1 rings (SSSR count). The first-order valence-electron chi connectivity index (χ1n) is 6.05. The summed E-state index contributed by atoms with van der Waals surface area (Å²) < 4.78 is 11.2. The number of ether oxygens (including phenoxy) is 2. The Kier molecular flexibility index (Phi) is 6.55. The molecular formula is C12H21NO3S2. The van der Waals surface area contributed by atoms with E-state index in [1.807, 2.05) is 0 Å². The third-order valence-corrected chi connectivity index (χ3v) is 4.29. The average Bonchev–Trinajstić information content (AvgIpc) is 2.74.